The molecule has 2 aromatic heterocycles. The highest BCUT2D eigenvalue weighted by atomic mass is 35.5. The number of hydrogen-bond donors (Lipinski definition) is 0. The quantitative estimate of drug-likeness (QED) is 0.271. The Bertz CT molecular complexity index is 1470. The van der Waals surface area contributed by atoms with Gasteiger partial charge in [0.2, 0.25) is 0 Å². The number of benzene rings is 2. The number of amides is 1. The van der Waals surface area contributed by atoms with Crippen molar-refractivity contribution >= 4 is 51.7 Å². The van der Waals surface area contributed by atoms with Crippen molar-refractivity contribution in [2.24, 2.45) is 0 Å². The number of carbonyl (C=O) groups excluding carboxylic acids is 1. The molecule has 0 atom stereocenters. The van der Waals surface area contributed by atoms with E-state index in [1.165, 1.54) is 24.5 Å². The Kier molecular flexibility index (Phi) is 6.00. The van der Waals surface area contributed by atoms with Gasteiger partial charge in [0.25, 0.3) is 5.91 Å². The second-order valence-corrected chi connectivity index (χ2v) is 8.66. The van der Waals surface area contributed by atoms with E-state index in [1.54, 1.807) is 23.1 Å². The monoisotopic (exact) mass is 515 g/mol. The first kappa shape index (κ1) is 23.0. The van der Waals surface area contributed by atoms with Gasteiger partial charge < -0.3 is 14.2 Å². The van der Waals surface area contributed by atoms with E-state index < -0.39 is 22.5 Å². The van der Waals surface area contributed by atoms with Crippen LogP contribution in [0.5, 0.6) is 0 Å². The molecular weight excluding hydrogens is 500 g/mol. The molecule has 0 unspecified atom stereocenters. The maximum atomic E-state index is 13.6. The lowest BCUT2D eigenvalue weighted by atomic mass is 10.0. The predicted octanol–water partition coefficient (Wildman–Crippen LogP) is 5.21. The number of nitrogens with zero attached hydrogens (tertiary/aromatic N) is 5. The predicted molar refractivity (Wildman–Crippen MR) is 128 cm³/mol. The maximum Gasteiger partial charge on any atom is 0.433 e. The van der Waals surface area contributed by atoms with Crippen LogP contribution in [0.25, 0.3) is 22.0 Å². The largest absolute Gasteiger partial charge is 0.433 e. The number of hydrogen-bond acceptors (Lipinski definition) is 7. The molecule has 12 heteroatoms. The van der Waals surface area contributed by atoms with Crippen LogP contribution >= 0.6 is 23.2 Å². The number of furan rings is 1. The lowest BCUT2D eigenvalue weighted by molar-refractivity contribution is -0.402. The molecule has 4 aromatic rings. The number of nitro groups is 1. The first-order valence-electron chi connectivity index (χ1n) is 10.5. The van der Waals surface area contributed by atoms with Crippen LogP contribution in [-0.2, 0) is 0 Å². The fourth-order valence-corrected chi connectivity index (χ4v) is 4.47. The number of fused-ring (bicyclic) bond motifs is 1. The lowest BCUT2D eigenvalue weighted by Gasteiger charge is -2.35. The Morgan fingerprint density at radius 1 is 1.03 bits per heavy atom. The van der Waals surface area contributed by atoms with Crippen molar-refractivity contribution < 1.29 is 18.5 Å². The smallest absolute Gasteiger partial charge is 0.395 e. The zero-order chi connectivity index (χ0) is 24.7. The van der Waals surface area contributed by atoms with Crippen molar-refractivity contribution in [1.82, 2.24) is 14.9 Å². The van der Waals surface area contributed by atoms with E-state index in [0.29, 0.717) is 53.7 Å². The molecule has 1 aliphatic heterocycles. The molecule has 1 amide bonds. The number of piperazine rings is 1. The van der Waals surface area contributed by atoms with E-state index in [-0.39, 0.29) is 10.8 Å². The lowest BCUT2D eigenvalue weighted by Crippen LogP contribution is -2.49. The van der Waals surface area contributed by atoms with E-state index in [2.05, 4.69) is 9.97 Å². The number of aromatic nitrogens is 2. The van der Waals surface area contributed by atoms with Gasteiger partial charge in [-0.2, -0.15) is 0 Å². The average molecular weight is 516 g/mol. The van der Waals surface area contributed by atoms with Crippen molar-refractivity contribution in [2.75, 3.05) is 31.1 Å². The molecule has 1 saturated heterocycles. The van der Waals surface area contributed by atoms with Gasteiger partial charge in [0.1, 0.15) is 22.9 Å². The van der Waals surface area contributed by atoms with E-state index in [1.807, 2.05) is 4.90 Å². The van der Waals surface area contributed by atoms with E-state index in [4.69, 9.17) is 27.6 Å². The zero-order valence-corrected chi connectivity index (χ0v) is 19.5. The minimum atomic E-state index is -0.684. The van der Waals surface area contributed by atoms with Gasteiger partial charge in [-0.15, -0.1) is 0 Å². The molecule has 1 fully saturated rings. The molecule has 0 saturated carbocycles. The van der Waals surface area contributed by atoms with Gasteiger partial charge in [0.15, 0.2) is 5.76 Å². The highest BCUT2D eigenvalue weighted by Gasteiger charge is 2.27. The minimum Gasteiger partial charge on any atom is -0.395 e. The van der Waals surface area contributed by atoms with Crippen LogP contribution in [0.1, 0.15) is 10.6 Å². The summed E-state index contributed by atoms with van der Waals surface area (Å²) in [5.41, 5.74) is 1.97. The first-order chi connectivity index (χ1) is 16.8. The molecule has 0 N–H and O–H groups in total. The molecule has 3 heterocycles. The Labute approximate surface area is 207 Å². The summed E-state index contributed by atoms with van der Waals surface area (Å²) < 4.78 is 18.6. The number of anilines is 1. The standard InChI is InChI=1S/C23H16Cl2FN5O4/c24-16-10-15-19(11-14(16)13-1-2-18(26)17(25)9-13)27-12-28-22(15)29-5-7-30(8-6-29)23(32)20-3-4-21(35-20)31(33)34/h1-4,9-12H,5-8H2. The van der Waals surface area contributed by atoms with Crippen molar-refractivity contribution in [2.45, 2.75) is 0 Å². The summed E-state index contributed by atoms with van der Waals surface area (Å²) in [4.78, 5) is 35.2. The van der Waals surface area contributed by atoms with Crippen molar-refractivity contribution in [3.63, 3.8) is 0 Å². The molecule has 2 aromatic carbocycles. The summed E-state index contributed by atoms with van der Waals surface area (Å²) >= 11 is 12.5. The third kappa shape index (κ3) is 4.38. The average Bonchev–Trinajstić information content (AvgIpc) is 3.36. The molecule has 1 aliphatic rings. The second-order valence-electron chi connectivity index (χ2n) is 7.85. The summed E-state index contributed by atoms with van der Waals surface area (Å²) in [7, 11) is 0. The van der Waals surface area contributed by atoms with Crippen LogP contribution in [0.15, 0.2) is 53.2 Å². The van der Waals surface area contributed by atoms with E-state index in [0.717, 1.165) is 11.5 Å². The van der Waals surface area contributed by atoms with Gasteiger partial charge in [0.05, 0.1) is 16.6 Å². The molecule has 0 radical (unpaired) electrons. The van der Waals surface area contributed by atoms with Crippen molar-refractivity contribution in [3.8, 4) is 11.1 Å². The topological polar surface area (TPSA) is 106 Å². The fourth-order valence-electron chi connectivity index (χ4n) is 4.02. The molecule has 0 bridgehead atoms. The van der Waals surface area contributed by atoms with Crippen LogP contribution in [-0.4, -0.2) is 51.9 Å². The zero-order valence-electron chi connectivity index (χ0n) is 18.0. The van der Waals surface area contributed by atoms with Crippen LogP contribution in [0.4, 0.5) is 16.1 Å². The molecule has 0 aliphatic carbocycles. The van der Waals surface area contributed by atoms with Gasteiger partial charge >= 0.3 is 5.88 Å². The van der Waals surface area contributed by atoms with E-state index >= 15 is 0 Å². The highest BCUT2D eigenvalue weighted by Crippen LogP contribution is 2.36. The summed E-state index contributed by atoms with van der Waals surface area (Å²) in [6.07, 6.45) is 1.45. The Morgan fingerprint density at radius 2 is 1.80 bits per heavy atom. The number of halogens is 3. The van der Waals surface area contributed by atoms with Gasteiger partial charge in [-0.05, 0) is 35.9 Å². The maximum absolute atomic E-state index is 13.6. The third-order valence-corrected chi connectivity index (χ3v) is 6.39. The number of carbonyl (C=O) groups is 1. The Balaban J connectivity index is 1.37. The van der Waals surface area contributed by atoms with Crippen molar-refractivity contribution in [1.29, 1.82) is 0 Å². The molecule has 9 nitrogen and oxygen atoms in total. The minimum absolute atomic E-state index is 0.00129. The SMILES string of the molecule is O=C(c1ccc([N+](=O)[O-])o1)N1CCN(c2ncnc3cc(-c4ccc(F)c(Cl)c4)c(Cl)cc23)CC1. The van der Waals surface area contributed by atoms with Crippen molar-refractivity contribution in [3.05, 3.63) is 80.5 Å². The molecule has 5 rings (SSSR count). The van der Waals surface area contributed by atoms with Gasteiger partial charge in [-0.3, -0.25) is 14.9 Å². The third-order valence-electron chi connectivity index (χ3n) is 5.78. The van der Waals surface area contributed by atoms with Crippen LogP contribution < -0.4 is 4.90 Å². The van der Waals surface area contributed by atoms with Crippen LogP contribution in [0.3, 0.4) is 0 Å². The molecule has 178 valence electrons. The first-order valence-corrected chi connectivity index (χ1v) is 11.3. The molecule has 0 spiro atoms. The van der Waals surface area contributed by atoms with E-state index in [9.17, 15) is 19.3 Å². The fraction of sp³-hybridized carbons (Fsp3) is 0.174. The normalized spacial score (nSPS) is 13.9. The Hall–Kier alpha value is -3.76. The second kappa shape index (κ2) is 9.12. The summed E-state index contributed by atoms with van der Waals surface area (Å²) in [6, 6.07) is 10.4. The van der Waals surface area contributed by atoms with Gasteiger partial charge in [-0.25, -0.2) is 14.4 Å². The van der Waals surface area contributed by atoms with Gasteiger partial charge in [0, 0.05) is 42.2 Å². The summed E-state index contributed by atoms with van der Waals surface area (Å²) in [5.74, 6) is -0.798. The summed E-state index contributed by atoms with van der Waals surface area (Å²) in [5, 5.41) is 12.0. The van der Waals surface area contributed by atoms with Crippen LogP contribution in [0, 0.1) is 15.9 Å². The van der Waals surface area contributed by atoms with Crippen LogP contribution in [0.2, 0.25) is 10.0 Å². The summed E-state index contributed by atoms with van der Waals surface area (Å²) in [6.45, 7) is 1.71. The Morgan fingerprint density at radius 3 is 2.49 bits per heavy atom. The number of rotatable bonds is 4. The molecule has 35 heavy (non-hydrogen) atoms. The molecular formula is C23H16Cl2FN5O4. The van der Waals surface area contributed by atoms with Gasteiger partial charge in [-0.1, -0.05) is 29.3 Å². The highest BCUT2D eigenvalue weighted by molar-refractivity contribution is 6.34.